The Labute approximate surface area is 145 Å². The summed E-state index contributed by atoms with van der Waals surface area (Å²) in [6.07, 6.45) is 6.83. The molecule has 0 spiro atoms. The van der Waals surface area contributed by atoms with Crippen LogP contribution in [0.2, 0.25) is 0 Å². The molecule has 6 heteroatoms. The zero-order valence-electron chi connectivity index (χ0n) is 13.4. The molecule has 0 bridgehead atoms. The second kappa shape index (κ2) is 8.19. The van der Waals surface area contributed by atoms with E-state index in [1.54, 1.807) is 24.3 Å². The second-order valence-corrected chi connectivity index (χ2v) is 4.88. The van der Waals surface area contributed by atoms with Gasteiger partial charge in [-0.25, -0.2) is 0 Å². The summed E-state index contributed by atoms with van der Waals surface area (Å²) in [5, 5.41) is 20.1. The van der Waals surface area contributed by atoms with Gasteiger partial charge in [0.2, 0.25) is 0 Å². The van der Waals surface area contributed by atoms with Gasteiger partial charge in [-0.05, 0) is 41.5 Å². The van der Waals surface area contributed by atoms with Gasteiger partial charge in [0.15, 0.2) is 11.5 Å². The predicted octanol–water partition coefficient (Wildman–Crippen LogP) is 3.68. The molecule has 0 saturated carbocycles. The van der Waals surface area contributed by atoms with Gasteiger partial charge in [-0.3, -0.25) is 10.1 Å². The number of allylic oxidation sites excluding steroid dienone is 1. The number of hydrogen-bond acceptors (Lipinski definition) is 5. The van der Waals surface area contributed by atoms with Crippen LogP contribution in [0.15, 0.2) is 42.5 Å². The van der Waals surface area contributed by atoms with Crippen molar-refractivity contribution in [3.63, 3.8) is 0 Å². The summed E-state index contributed by atoms with van der Waals surface area (Å²) in [6.45, 7) is 0.123. The fourth-order valence-corrected chi connectivity index (χ4v) is 2.12. The molecule has 0 aliphatic carbocycles. The van der Waals surface area contributed by atoms with Crippen LogP contribution in [0.4, 0.5) is 5.69 Å². The van der Waals surface area contributed by atoms with Crippen molar-refractivity contribution in [1.29, 1.82) is 5.26 Å². The molecule has 0 heterocycles. The minimum Gasteiger partial charge on any atom is -0.493 e. The first-order valence-electron chi connectivity index (χ1n) is 7.20. The Morgan fingerprint density at radius 1 is 1.28 bits per heavy atom. The number of nitro groups is 1. The molecule has 6 nitrogen and oxygen atoms in total. The summed E-state index contributed by atoms with van der Waals surface area (Å²) in [7, 11) is 1.51. The number of non-ortho nitro benzene ring substituents is 1. The van der Waals surface area contributed by atoms with E-state index in [0.29, 0.717) is 22.6 Å². The topological polar surface area (TPSA) is 85.4 Å². The van der Waals surface area contributed by atoms with E-state index in [2.05, 4.69) is 12.0 Å². The fourth-order valence-electron chi connectivity index (χ4n) is 2.12. The van der Waals surface area contributed by atoms with E-state index in [1.807, 2.05) is 0 Å². The highest BCUT2D eigenvalue weighted by Crippen LogP contribution is 2.30. The molecule has 0 aromatic heterocycles. The third kappa shape index (κ3) is 4.37. The first-order valence-corrected chi connectivity index (χ1v) is 7.20. The SMILES string of the molecule is C#CCOc1ccc(/C=C(\C#N)c2ccc([N+](=O)[O-])cc2)cc1OC. The Balaban J connectivity index is 2.34. The number of rotatable bonds is 6. The number of nitriles is 1. The van der Waals surface area contributed by atoms with E-state index < -0.39 is 4.92 Å². The van der Waals surface area contributed by atoms with Crippen LogP contribution >= 0.6 is 0 Å². The van der Waals surface area contributed by atoms with E-state index in [0.717, 1.165) is 5.56 Å². The van der Waals surface area contributed by atoms with Crippen molar-refractivity contribution in [3.05, 3.63) is 63.7 Å². The Morgan fingerprint density at radius 2 is 2.00 bits per heavy atom. The Hall–Kier alpha value is -3.77. The lowest BCUT2D eigenvalue weighted by molar-refractivity contribution is -0.384. The summed E-state index contributed by atoms with van der Waals surface area (Å²) < 4.78 is 10.6. The van der Waals surface area contributed by atoms with Crippen molar-refractivity contribution in [2.24, 2.45) is 0 Å². The zero-order valence-corrected chi connectivity index (χ0v) is 13.4. The summed E-state index contributed by atoms with van der Waals surface area (Å²) in [6, 6.07) is 13.1. The maximum Gasteiger partial charge on any atom is 0.269 e. The van der Waals surface area contributed by atoms with Crippen molar-refractivity contribution in [2.75, 3.05) is 13.7 Å². The van der Waals surface area contributed by atoms with Crippen LogP contribution in [0.1, 0.15) is 11.1 Å². The molecule has 2 aromatic rings. The zero-order chi connectivity index (χ0) is 18.2. The molecule has 0 aliphatic heterocycles. The molecule has 0 unspecified atom stereocenters. The maximum atomic E-state index is 10.7. The molecule has 124 valence electrons. The molecule has 0 amide bonds. The van der Waals surface area contributed by atoms with Gasteiger partial charge < -0.3 is 9.47 Å². The van der Waals surface area contributed by atoms with Crippen molar-refractivity contribution >= 4 is 17.3 Å². The molecule has 25 heavy (non-hydrogen) atoms. The molecule has 0 N–H and O–H groups in total. The van der Waals surface area contributed by atoms with E-state index in [-0.39, 0.29) is 12.3 Å². The molecule has 2 aromatic carbocycles. The molecule has 0 radical (unpaired) electrons. The number of methoxy groups -OCH3 is 1. The quantitative estimate of drug-likeness (QED) is 0.264. The van der Waals surface area contributed by atoms with Gasteiger partial charge in [0.25, 0.3) is 5.69 Å². The molecule has 2 rings (SSSR count). The van der Waals surface area contributed by atoms with Crippen LogP contribution in [0, 0.1) is 33.8 Å². The largest absolute Gasteiger partial charge is 0.493 e. The van der Waals surface area contributed by atoms with Gasteiger partial charge in [-0.1, -0.05) is 12.0 Å². The predicted molar refractivity (Wildman–Crippen MR) is 93.9 cm³/mol. The van der Waals surface area contributed by atoms with Gasteiger partial charge in [0.1, 0.15) is 6.61 Å². The summed E-state index contributed by atoms with van der Waals surface area (Å²) in [5.41, 5.74) is 1.64. The highest BCUT2D eigenvalue weighted by Gasteiger charge is 2.09. The Kier molecular flexibility index (Phi) is 5.76. The minimum absolute atomic E-state index is 0.0299. The Bertz CT molecular complexity index is 887. The number of ether oxygens (including phenoxy) is 2. The van der Waals surface area contributed by atoms with Crippen LogP contribution in [-0.2, 0) is 0 Å². The molecular formula is C19H14N2O4. The summed E-state index contributed by atoms with van der Waals surface area (Å²) in [4.78, 5) is 10.2. The van der Waals surface area contributed by atoms with Gasteiger partial charge in [-0.15, -0.1) is 6.42 Å². The third-order valence-corrected chi connectivity index (χ3v) is 3.32. The first kappa shape index (κ1) is 17.6. The van der Waals surface area contributed by atoms with Crippen molar-refractivity contribution in [3.8, 4) is 29.9 Å². The lowest BCUT2D eigenvalue weighted by atomic mass is 10.0. The number of hydrogen-bond donors (Lipinski definition) is 0. The lowest BCUT2D eigenvalue weighted by Gasteiger charge is -2.09. The van der Waals surface area contributed by atoms with Gasteiger partial charge in [0.05, 0.1) is 23.7 Å². The number of nitrogens with zero attached hydrogens (tertiary/aromatic N) is 2. The molecule has 0 fully saturated rings. The van der Waals surface area contributed by atoms with E-state index in [1.165, 1.54) is 31.4 Å². The average Bonchev–Trinajstić information content (AvgIpc) is 2.64. The highest BCUT2D eigenvalue weighted by molar-refractivity contribution is 5.90. The third-order valence-electron chi connectivity index (χ3n) is 3.32. The normalized spacial score (nSPS) is 10.4. The Morgan fingerprint density at radius 3 is 2.56 bits per heavy atom. The molecule has 0 aliphatic rings. The smallest absolute Gasteiger partial charge is 0.269 e. The fraction of sp³-hybridized carbons (Fsp3) is 0.105. The van der Waals surface area contributed by atoms with Gasteiger partial charge >= 0.3 is 0 Å². The molecule has 0 atom stereocenters. The van der Waals surface area contributed by atoms with Gasteiger partial charge in [-0.2, -0.15) is 5.26 Å². The number of nitro benzene ring substituents is 1. The van der Waals surface area contributed by atoms with Crippen LogP contribution in [0.25, 0.3) is 11.6 Å². The van der Waals surface area contributed by atoms with Gasteiger partial charge in [0, 0.05) is 12.1 Å². The van der Waals surface area contributed by atoms with E-state index in [4.69, 9.17) is 15.9 Å². The van der Waals surface area contributed by atoms with Crippen molar-refractivity contribution in [1.82, 2.24) is 0 Å². The maximum absolute atomic E-state index is 10.7. The summed E-state index contributed by atoms with van der Waals surface area (Å²) in [5.74, 6) is 3.37. The lowest BCUT2D eigenvalue weighted by Crippen LogP contribution is -1.96. The van der Waals surface area contributed by atoms with E-state index in [9.17, 15) is 15.4 Å². The van der Waals surface area contributed by atoms with Crippen LogP contribution in [-0.4, -0.2) is 18.6 Å². The van der Waals surface area contributed by atoms with E-state index >= 15 is 0 Å². The summed E-state index contributed by atoms with van der Waals surface area (Å²) >= 11 is 0. The number of terminal acetylenes is 1. The van der Waals surface area contributed by atoms with Crippen LogP contribution in [0.5, 0.6) is 11.5 Å². The van der Waals surface area contributed by atoms with Crippen LogP contribution < -0.4 is 9.47 Å². The highest BCUT2D eigenvalue weighted by atomic mass is 16.6. The monoisotopic (exact) mass is 334 g/mol. The van der Waals surface area contributed by atoms with Crippen LogP contribution in [0.3, 0.4) is 0 Å². The van der Waals surface area contributed by atoms with Crippen molar-refractivity contribution in [2.45, 2.75) is 0 Å². The molecular weight excluding hydrogens is 320 g/mol. The first-order chi connectivity index (χ1) is 12.1. The molecule has 0 saturated heterocycles. The standard InChI is InChI=1S/C19H14N2O4/c1-3-10-25-18-9-4-14(12-19(18)24-2)11-16(13-20)15-5-7-17(8-6-15)21(22)23/h1,4-9,11-12H,10H2,2H3/b16-11+. The number of benzene rings is 2. The average molecular weight is 334 g/mol. The minimum atomic E-state index is -0.487. The van der Waals surface area contributed by atoms with Crippen molar-refractivity contribution < 1.29 is 14.4 Å². The second-order valence-electron chi connectivity index (χ2n) is 4.88.